The smallest absolute Gasteiger partial charge is 0.250 e. The second-order valence-electron chi connectivity index (χ2n) is 7.40. The van der Waals surface area contributed by atoms with Crippen LogP contribution in [-0.4, -0.2) is 42.6 Å². The van der Waals surface area contributed by atoms with E-state index in [0.717, 1.165) is 27.5 Å². The molecule has 2 rings (SSSR count). The molecule has 1 heterocycles. The first-order valence-corrected chi connectivity index (χ1v) is 13.0. The minimum absolute atomic E-state index is 0.319. The molecule has 0 saturated heterocycles. The maximum Gasteiger partial charge on any atom is 0.250 e. The first-order valence-electron chi connectivity index (χ1n) is 9.36. The van der Waals surface area contributed by atoms with Gasteiger partial charge in [0.15, 0.2) is 4.34 Å². The normalized spacial score (nSPS) is 12.8. The van der Waals surface area contributed by atoms with Crippen LogP contribution in [-0.2, 0) is 14.8 Å². The maximum absolute atomic E-state index is 13.0. The van der Waals surface area contributed by atoms with Gasteiger partial charge < -0.3 is 0 Å². The van der Waals surface area contributed by atoms with Gasteiger partial charge in [-0.15, -0.1) is 10.2 Å². The summed E-state index contributed by atoms with van der Waals surface area (Å²) in [6, 6.07) is 4.62. The number of thioether (sulfide) groups is 1. The van der Waals surface area contributed by atoms with Crippen molar-refractivity contribution < 1.29 is 13.2 Å². The molecule has 10 heteroatoms. The molecule has 0 aliphatic carbocycles. The molecular formula is C19H28N4O3S3. The number of aromatic nitrogens is 2. The summed E-state index contributed by atoms with van der Waals surface area (Å²) in [7, 11) is -3.68. The van der Waals surface area contributed by atoms with Crippen LogP contribution in [0.1, 0.15) is 38.3 Å². The lowest BCUT2D eigenvalue weighted by molar-refractivity contribution is -0.117. The molecule has 1 N–H and O–H groups in total. The van der Waals surface area contributed by atoms with E-state index in [-0.39, 0.29) is 0 Å². The van der Waals surface area contributed by atoms with Crippen LogP contribution in [0.25, 0.3) is 0 Å². The van der Waals surface area contributed by atoms with Crippen LogP contribution in [0.2, 0.25) is 0 Å². The molecule has 0 saturated carbocycles. The van der Waals surface area contributed by atoms with Gasteiger partial charge in [-0.1, -0.05) is 49.9 Å². The summed E-state index contributed by atoms with van der Waals surface area (Å²) in [5.41, 5.74) is 2.34. The molecule has 160 valence electrons. The molecule has 7 nitrogen and oxygen atoms in total. The summed E-state index contributed by atoms with van der Waals surface area (Å²) in [5.74, 6) is 1.01. The number of hydrogen-bond acceptors (Lipinski definition) is 7. The van der Waals surface area contributed by atoms with E-state index in [1.807, 2.05) is 19.9 Å². The lowest BCUT2D eigenvalue weighted by atomic mass is 10.1. The summed E-state index contributed by atoms with van der Waals surface area (Å²) >= 11 is 2.88. The molecule has 0 bridgehead atoms. The highest BCUT2D eigenvalue weighted by Crippen LogP contribution is 2.29. The topological polar surface area (TPSA) is 92.3 Å². The van der Waals surface area contributed by atoms with Gasteiger partial charge >= 0.3 is 0 Å². The van der Waals surface area contributed by atoms with E-state index in [1.165, 1.54) is 15.6 Å². The van der Waals surface area contributed by atoms with Crippen molar-refractivity contribution in [3.05, 3.63) is 29.3 Å². The first kappa shape index (κ1) is 23.6. The van der Waals surface area contributed by atoms with Crippen LogP contribution in [0, 0.1) is 19.8 Å². The SMILES string of the molecule is CCC(C(=O)Nc1nnc(SCC(C)C)s1)N(c1cc(C)cc(C)c1)S(C)(=O)=O. The van der Waals surface area contributed by atoms with Crippen molar-refractivity contribution in [1.82, 2.24) is 10.2 Å². The first-order chi connectivity index (χ1) is 13.5. The molecule has 1 unspecified atom stereocenters. The van der Waals surface area contributed by atoms with Crippen molar-refractivity contribution >= 4 is 49.8 Å². The number of nitrogens with zero attached hydrogens (tertiary/aromatic N) is 3. The highest BCUT2D eigenvalue weighted by molar-refractivity contribution is 8.01. The fraction of sp³-hybridized carbons (Fsp3) is 0.526. The Bertz CT molecular complexity index is 937. The molecule has 0 radical (unpaired) electrons. The van der Waals surface area contributed by atoms with E-state index in [1.54, 1.807) is 30.8 Å². The largest absolute Gasteiger partial charge is 0.299 e. The Morgan fingerprint density at radius 2 is 1.83 bits per heavy atom. The molecular weight excluding hydrogens is 428 g/mol. The van der Waals surface area contributed by atoms with Gasteiger partial charge in [0.1, 0.15) is 6.04 Å². The average Bonchev–Trinajstić information content (AvgIpc) is 3.02. The minimum Gasteiger partial charge on any atom is -0.299 e. The van der Waals surface area contributed by atoms with Crippen molar-refractivity contribution in [3.8, 4) is 0 Å². The monoisotopic (exact) mass is 456 g/mol. The maximum atomic E-state index is 13.0. The summed E-state index contributed by atoms with van der Waals surface area (Å²) in [6.07, 6.45) is 1.44. The van der Waals surface area contributed by atoms with Crippen LogP contribution in [0.4, 0.5) is 10.8 Å². The van der Waals surface area contributed by atoms with Gasteiger partial charge in [0, 0.05) is 5.75 Å². The number of amides is 1. The number of carbonyl (C=O) groups is 1. The number of nitrogens with one attached hydrogen (secondary N) is 1. The van der Waals surface area contributed by atoms with E-state index in [4.69, 9.17) is 0 Å². The number of anilines is 2. The van der Waals surface area contributed by atoms with Gasteiger partial charge in [0.2, 0.25) is 21.1 Å². The summed E-state index contributed by atoms with van der Waals surface area (Å²) < 4.78 is 27.1. The Hall–Kier alpha value is -1.65. The van der Waals surface area contributed by atoms with Gasteiger partial charge in [-0.3, -0.25) is 14.4 Å². The van der Waals surface area contributed by atoms with E-state index in [9.17, 15) is 13.2 Å². The van der Waals surface area contributed by atoms with Crippen molar-refractivity contribution in [1.29, 1.82) is 0 Å². The van der Waals surface area contributed by atoms with Gasteiger partial charge in [0.25, 0.3) is 0 Å². The van der Waals surface area contributed by atoms with Crippen LogP contribution in [0.15, 0.2) is 22.5 Å². The predicted molar refractivity (Wildman–Crippen MR) is 121 cm³/mol. The van der Waals surface area contributed by atoms with E-state index in [0.29, 0.717) is 23.2 Å². The molecule has 0 fully saturated rings. The number of aryl methyl sites for hydroxylation is 2. The molecule has 1 aromatic carbocycles. The lowest BCUT2D eigenvalue weighted by Crippen LogP contribution is -2.47. The zero-order valence-electron chi connectivity index (χ0n) is 17.6. The second-order valence-corrected chi connectivity index (χ2v) is 11.5. The lowest BCUT2D eigenvalue weighted by Gasteiger charge is -2.30. The number of carbonyl (C=O) groups excluding carboxylic acids is 1. The molecule has 0 spiro atoms. The van der Waals surface area contributed by atoms with Crippen LogP contribution < -0.4 is 9.62 Å². The zero-order chi connectivity index (χ0) is 21.8. The number of rotatable bonds is 9. The summed E-state index contributed by atoms with van der Waals surface area (Å²) in [5, 5.41) is 11.2. The molecule has 0 aliphatic rings. The Kier molecular flexibility index (Phi) is 8.07. The fourth-order valence-corrected chi connectivity index (χ4v) is 5.81. The summed E-state index contributed by atoms with van der Waals surface area (Å²) in [6.45, 7) is 9.82. The summed E-state index contributed by atoms with van der Waals surface area (Å²) in [4.78, 5) is 13.0. The van der Waals surface area contributed by atoms with Gasteiger partial charge in [0.05, 0.1) is 11.9 Å². The van der Waals surface area contributed by atoms with Crippen molar-refractivity contribution in [2.45, 2.75) is 51.4 Å². The Morgan fingerprint density at radius 1 is 1.21 bits per heavy atom. The highest BCUT2D eigenvalue weighted by Gasteiger charge is 2.32. The van der Waals surface area contributed by atoms with Crippen LogP contribution in [0.5, 0.6) is 0 Å². The van der Waals surface area contributed by atoms with Gasteiger partial charge in [-0.25, -0.2) is 8.42 Å². The Morgan fingerprint density at radius 3 is 2.34 bits per heavy atom. The van der Waals surface area contributed by atoms with E-state index >= 15 is 0 Å². The van der Waals surface area contributed by atoms with Crippen LogP contribution >= 0.6 is 23.1 Å². The highest BCUT2D eigenvalue weighted by atomic mass is 32.2. The molecule has 2 aromatic rings. The molecule has 0 aliphatic heterocycles. The van der Waals surface area contributed by atoms with Crippen molar-refractivity contribution in [3.63, 3.8) is 0 Å². The third kappa shape index (κ3) is 6.68. The standard InChI is InChI=1S/C19H28N4O3S3/c1-7-16(17(24)20-18-21-22-19(28-18)27-11-12(2)3)23(29(6,25)26)15-9-13(4)8-14(5)10-15/h8-10,12,16H,7,11H2,1-6H3,(H,20,21,24). The van der Waals surface area contributed by atoms with Crippen molar-refractivity contribution in [2.24, 2.45) is 5.92 Å². The van der Waals surface area contributed by atoms with Crippen LogP contribution in [0.3, 0.4) is 0 Å². The third-order valence-corrected chi connectivity index (χ3v) is 7.55. The number of sulfonamides is 1. The molecule has 1 aromatic heterocycles. The fourth-order valence-electron chi connectivity index (χ4n) is 2.88. The zero-order valence-corrected chi connectivity index (χ0v) is 20.0. The average molecular weight is 457 g/mol. The van der Waals surface area contributed by atoms with E-state index in [2.05, 4.69) is 29.4 Å². The predicted octanol–water partition coefficient (Wildman–Crippen LogP) is 4.09. The second kappa shape index (κ2) is 9.90. The van der Waals surface area contributed by atoms with Crippen molar-refractivity contribution in [2.75, 3.05) is 21.6 Å². The molecule has 29 heavy (non-hydrogen) atoms. The van der Waals surface area contributed by atoms with Gasteiger partial charge in [-0.05, 0) is 49.4 Å². The molecule has 1 amide bonds. The Balaban J connectivity index is 2.27. The van der Waals surface area contributed by atoms with E-state index < -0.39 is 22.0 Å². The number of benzene rings is 1. The molecule has 1 atom stereocenters. The minimum atomic E-state index is -3.68. The third-order valence-electron chi connectivity index (χ3n) is 3.97. The quantitative estimate of drug-likeness (QED) is 0.451. The number of hydrogen-bond donors (Lipinski definition) is 1. The Labute approximate surface area is 181 Å². The van der Waals surface area contributed by atoms with Gasteiger partial charge in [-0.2, -0.15) is 0 Å².